The van der Waals surface area contributed by atoms with Crippen molar-refractivity contribution in [3.63, 3.8) is 0 Å². The lowest BCUT2D eigenvalue weighted by molar-refractivity contribution is -0.119. The number of amides is 2. The van der Waals surface area contributed by atoms with Gasteiger partial charge >= 0.3 is 0 Å². The zero-order valence-electron chi connectivity index (χ0n) is 15.1. The number of nitrogens with zero attached hydrogens (tertiary/aromatic N) is 2. The predicted octanol–water partition coefficient (Wildman–Crippen LogP) is 1.91. The Bertz CT molecular complexity index is 929. The molecule has 2 heterocycles. The molecular weight excluding hydrogens is 360 g/mol. The van der Waals surface area contributed by atoms with Gasteiger partial charge in [0.2, 0.25) is 5.91 Å². The van der Waals surface area contributed by atoms with Crippen LogP contribution in [-0.4, -0.2) is 36.8 Å². The van der Waals surface area contributed by atoms with Crippen LogP contribution >= 0.6 is 0 Å². The summed E-state index contributed by atoms with van der Waals surface area (Å²) in [5.41, 5.74) is 7.01. The van der Waals surface area contributed by atoms with Crippen molar-refractivity contribution in [3.05, 3.63) is 48.5 Å². The lowest BCUT2D eigenvalue weighted by atomic mass is 10.1. The van der Waals surface area contributed by atoms with Crippen molar-refractivity contribution in [2.75, 3.05) is 23.5 Å². The van der Waals surface area contributed by atoms with Crippen LogP contribution in [0.4, 0.5) is 11.4 Å². The van der Waals surface area contributed by atoms with Crippen molar-refractivity contribution < 1.29 is 19.1 Å². The number of nitrogens with one attached hydrogen (secondary N) is 1. The molecule has 2 amide bonds. The van der Waals surface area contributed by atoms with E-state index in [1.807, 2.05) is 30.3 Å². The number of rotatable bonds is 4. The van der Waals surface area contributed by atoms with Crippen molar-refractivity contribution in [1.82, 2.24) is 0 Å². The highest BCUT2D eigenvalue weighted by atomic mass is 16.5. The number of para-hydroxylation sites is 1. The molecule has 0 spiro atoms. The lowest BCUT2D eigenvalue weighted by Gasteiger charge is -2.20. The van der Waals surface area contributed by atoms with Crippen LogP contribution in [0.2, 0.25) is 0 Å². The lowest BCUT2D eigenvalue weighted by Crippen LogP contribution is -2.39. The first kappa shape index (κ1) is 17.8. The van der Waals surface area contributed by atoms with Crippen LogP contribution in [0.15, 0.2) is 53.6 Å². The summed E-state index contributed by atoms with van der Waals surface area (Å²) in [6, 6.07) is 13.7. The molecular formula is C20H20N4O4. The summed E-state index contributed by atoms with van der Waals surface area (Å²) in [5.74, 6) is 0.312. The maximum Gasteiger partial charge on any atom is 0.271 e. The van der Waals surface area contributed by atoms with E-state index in [1.165, 1.54) is 5.01 Å². The van der Waals surface area contributed by atoms with E-state index < -0.39 is 11.9 Å². The molecule has 0 unspecified atom stereocenters. The Morgan fingerprint density at radius 3 is 2.57 bits per heavy atom. The Hall–Kier alpha value is -3.55. The fourth-order valence-electron chi connectivity index (χ4n) is 3.13. The molecule has 28 heavy (non-hydrogen) atoms. The minimum absolute atomic E-state index is 0.139. The maximum absolute atomic E-state index is 12.7. The van der Waals surface area contributed by atoms with Gasteiger partial charge in [-0.3, -0.25) is 14.6 Å². The van der Waals surface area contributed by atoms with Gasteiger partial charge < -0.3 is 20.5 Å². The number of hydrogen-bond acceptors (Lipinski definition) is 6. The van der Waals surface area contributed by atoms with Crippen LogP contribution < -0.4 is 25.5 Å². The van der Waals surface area contributed by atoms with Gasteiger partial charge in [-0.2, -0.15) is 5.10 Å². The number of benzene rings is 2. The third-order valence-corrected chi connectivity index (χ3v) is 4.53. The maximum atomic E-state index is 12.7. The molecule has 0 aromatic heterocycles. The average molecular weight is 380 g/mol. The monoisotopic (exact) mass is 380 g/mol. The molecule has 8 heteroatoms. The molecule has 3 N–H and O–H groups in total. The summed E-state index contributed by atoms with van der Waals surface area (Å²) in [4.78, 5) is 24.6. The van der Waals surface area contributed by atoms with Crippen molar-refractivity contribution >= 4 is 28.9 Å². The van der Waals surface area contributed by atoms with Gasteiger partial charge in [-0.05, 0) is 24.3 Å². The molecule has 0 saturated heterocycles. The van der Waals surface area contributed by atoms with Gasteiger partial charge in [-0.25, -0.2) is 0 Å². The Kier molecular flexibility index (Phi) is 4.84. The second kappa shape index (κ2) is 7.59. The van der Waals surface area contributed by atoms with Crippen molar-refractivity contribution in [3.8, 4) is 11.5 Å². The van der Waals surface area contributed by atoms with Gasteiger partial charge in [0.1, 0.15) is 11.8 Å². The molecule has 144 valence electrons. The molecule has 4 rings (SSSR count). The summed E-state index contributed by atoms with van der Waals surface area (Å²) in [6.45, 7) is 1.16. The number of hydrogen-bond donors (Lipinski definition) is 2. The fraction of sp³-hybridized carbons (Fsp3) is 0.250. The summed E-state index contributed by atoms with van der Waals surface area (Å²) in [6.07, 6.45) is 0.942. The van der Waals surface area contributed by atoms with Crippen LogP contribution in [0, 0.1) is 0 Å². The third-order valence-electron chi connectivity index (χ3n) is 4.53. The molecule has 8 nitrogen and oxygen atoms in total. The summed E-state index contributed by atoms with van der Waals surface area (Å²) in [5, 5.41) is 8.63. The number of hydrazone groups is 1. The first-order chi connectivity index (χ1) is 13.6. The van der Waals surface area contributed by atoms with Crippen LogP contribution in [-0.2, 0) is 9.59 Å². The van der Waals surface area contributed by atoms with Gasteiger partial charge in [0.25, 0.3) is 5.91 Å². The van der Waals surface area contributed by atoms with Gasteiger partial charge in [0, 0.05) is 24.6 Å². The largest absolute Gasteiger partial charge is 0.490 e. The fourth-order valence-corrected chi connectivity index (χ4v) is 3.13. The SMILES string of the molecule is NC(=O)[C@H]1CC(C(=O)Nc2ccc3c(c2)OCCCO3)=NN1c1ccccc1. The summed E-state index contributed by atoms with van der Waals surface area (Å²) in [7, 11) is 0. The molecule has 2 aromatic rings. The second-order valence-corrected chi connectivity index (χ2v) is 6.52. The van der Waals surface area contributed by atoms with Gasteiger partial charge in [-0.15, -0.1) is 0 Å². The van der Waals surface area contributed by atoms with Crippen molar-refractivity contribution in [2.24, 2.45) is 10.8 Å². The van der Waals surface area contributed by atoms with E-state index in [0.717, 1.165) is 6.42 Å². The highest BCUT2D eigenvalue weighted by Gasteiger charge is 2.35. The van der Waals surface area contributed by atoms with Gasteiger partial charge in [0.15, 0.2) is 11.5 Å². The summed E-state index contributed by atoms with van der Waals surface area (Å²) < 4.78 is 11.2. The number of fused-ring (bicyclic) bond motifs is 1. The second-order valence-electron chi connectivity index (χ2n) is 6.52. The van der Waals surface area contributed by atoms with Crippen LogP contribution in [0.5, 0.6) is 11.5 Å². The minimum Gasteiger partial charge on any atom is -0.490 e. The van der Waals surface area contributed by atoms with Crippen LogP contribution in [0.25, 0.3) is 0 Å². The summed E-state index contributed by atoms with van der Waals surface area (Å²) >= 11 is 0. The molecule has 0 aliphatic carbocycles. The highest BCUT2D eigenvalue weighted by Crippen LogP contribution is 2.32. The highest BCUT2D eigenvalue weighted by molar-refractivity contribution is 6.44. The molecule has 2 aromatic carbocycles. The number of primary amides is 1. The number of nitrogens with two attached hydrogens (primary N) is 1. The number of carbonyl (C=O) groups is 2. The Labute approximate surface area is 161 Å². The van der Waals surface area contributed by atoms with E-state index in [2.05, 4.69) is 10.4 Å². The molecule has 1 atom stereocenters. The topological polar surface area (TPSA) is 106 Å². The average Bonchev–Trinajstić information content (AvgIpc) is 3.03. The zero-order valence-corrected chi connectivity index (χ0v) is 15.1. The molecule has 2 aliphatic heterocycles. The van der Waals surface area contributed by atoms with Crippen LogP contribution in [0.1, 0.15) is 12.8 Å². The molecule has 0 bridgehead atoms. The number of carbonyl (C=O) groups excluding carboxylic acids is 2. The van der Waals surface area contributed by atoms with E-state index >= 15 is 0 Å². The predicted molar refractivity (Wildman–Crippen MR) is 105 cm³/mol. The normalized spacial score (nSPS) is 18.2. The molecule has 0 saturated carbocycles. The Morgan fingerprint density at radius 1 is 1.07 bits per heavy atom. The van der Waals surface area contributed by atoms with Crippen molar-refractivity contribution in [1.29, 1.82) is 0 Å². The third kappa shape index (κ3) is 3.62. The zero-order chi connectivity index (χ0) is 19.5. The van der Waals surface area contributed by atoms with E-state index in [4.69, 9.17) is 15.2 Å². The quantitative estimate of drug-likeness (QED) is 0.843. The molecule has 0 radical (unpaired) electrons. The van der Waals surface area contributed by atoms with Crippen molar-refractivity contribution in [2.45, 2.75) is 18.9 Å². The molecule has 0 fully saturated rings. The smallest absolute Gasteiger partial charge is 0.271 e. The standard InChI is InChI=1S/C20H20N4O4/c21-19(25)16-12-15(23-24(16)14-5-2-1-3-6-14)20(26)22-13-7-8-17-18(11-13)28-10-4-9-27-17/h1-3,5-8,11,16H,4,9-10,12H2,(H2,21,25)(H,22,26)/t16-/m1/s1. The minimum atomic E-state index is -0.702. The first-order valence-electron chi connectivity index (χ1n) is 9.04. The van der Waals surface area contributed by atoms with Gasteiger partial charge in [-0.1, -0.05) is 18.2 Å². The van der Waals surface area contributed by atoms with E-state index in [-0.39, 0.29) is 18.0 Å². The van der Waals surface area contributed by atoms with Crippen LogP contribution in [0.3, 0.4) is 0 Å². The Balaban J connectivity index is 1.53. The van der Waals surface area contributed by atoms with E-state index in [1.54, 1.807) is 18.2 Å². The number of ether oxygens (including phenoxy) is 2. The first-order valence-corrected chi connectivity index (χ1v) is 9.04. The number of anilines is 2. The van der Waals surface area contributed by atoms with E-state index in [9.17, 15) is 9.59 Å². The van der Waals surface area contributed by atoms with Gasteiger partial charge in [0.05, 0.1) is 18.9 Å². The Morgan fingerprint density at radius 2 is 1.82 bits per heavy atom. The van der Waals surface area contributed by atoms with E-state index in [0.29, 0.717) is 36.1 Å². The molecule has 2 aliphatic rings.